The standard InChI is InChI=1S/C17H19N3O5/c1-3-24-16(22)14(17(23)25-4-2)19-15(21)12-5-7-13(8-6-12)20-10-9-18-11-20/h5-11,14H,3-4H2,1-2H3,(H,19,21). The number of carbonyl (C=O) groups excluding carboxylic acids is 3. The Bertz CT molecular complexity index is 707. The van der Waals surface area contributed by atoms with E-state index in [0.717, 1.165) is 5.69 Å². The molecule has 132 valence electrons. The van der Waals surface area contributed by atoms with Crippen molar-refractivity contribution in [2.45, 2.75) is 19.9 Å². The molecule has 0 aliphatic rings. The van der Waals surface area contributed by atoms with Crippen molar-refractivity contribution in [2.24, 2.45) is 0 Å². The fraction of sp³-hybridized carbons (Fsp3) is 0.294. The van der Waals surface area contributed by atoms with Crippen molar-refractivity contribution in [3.63, 3.8) is 0 Å². The van der Waals surface area contributed by atoms with Crippen LogP contribution in [0.3, 0.4) is 0 Å². The Morgan fingerprint density at radius 3 is 2.16 bits per heavy atom. The van der Waals surface area contributed by atoms with Crippen molar-refractivity contribution in [2.75, 3.05) is 13.2 Å². The predicted octanol–water partition coefficient (Wildman–Crippen LogP) is 1.10. The van der Waals surface area contributed by atoms with E-state index in [1.807, 2.05) is 0 Å². The Hall–Kier alpha value is -3.16. The summed E-state index contributed by atoms with van der Waals surface area (Å²) >= 11 is 0. The fourth-order valence-corrected chi connectivity index (χ4v) is 2.08. The Labute approximate surface area is 144 Å². The highest BCUT2D eigenvalue weighted by atomic mass is 16.6. The summed E-state index contributed by atoms with van der Waals surface area (Å²) in [6, 6.07) is 5.11. The Morgan fingerprint density at radius 2 is 1.68 bits per heavy atom. The Kier molecular flexibility index (Phi) is 6.27. The molecule has 1 amide bonds. The van der Waals surface area contributed by atoms with E-state index >= 15 is 0 Å². The summed E-state index contributed by atoms with van der Waals surface area (Å²) in [5, 5.41) is 2.35. The van der Waals surface area contributed by atoms with Crippen LogP contribution >= 0.6 is 0 Å². The van der Waals surface area contributed by atoms with Crippen molar-refractivity contribution in [3.05, 3.63) is 48.5 Å². The van der Waals surface area contributed by atoms with Gasteiger partial charge in [-0.1, -0.05) is 0 Å². The van der Waals surface area contributed by atoms with E-state index in [1.54, 1.807) is 61.4 Å². The molecular weight excluding hydrogens is 326 g/mol. The number of amides is 1. The zero-order valence-electron chi connectivity index (χ0n) is 14.0. The first-order valence-corrected chi connectivity index (χ1v) is 7.79. The highest BCUT2D eigenvalue weighted by Gasteiger charge is 2.31. The van der Waals surface area contributed by atoms with Crippen LogP contribution in [0.15, 0.2) is 43.0 Å². The molecular formula is C17H19N3O5. The molecule has 0 saturated carbocycles. The van der Waals surface area contributed by atoms with Crippen LogP contribution < -0.4 is 5.32 Å². The second-order valence-corrected chi connectivity index (χ2v) is 4.93. The zero-order valence-corrected chi connectivity index (χ0v) is 14.0. The molecule has 0 radical (unpaired) electrons. The van der Waals surface area contributed by atoms with Gasteiger partial charge in [-0.3, -0.25) is 4.79 Å². The number of hydrogen-bond acceptors (Lipinski definition) is 6. The molecule has 0 unspecified atom stereocenters. The maximum Gasteiger partial charge on any atom is 0.340 e. The minimum atomic E-state index is -1.50. The minimum Gasteiger partial charge on any atom is -0.464 e. The number of imidazole rings is 1. The zero-order chi connectivity index (χ0) is 18.2. The fourth-order valence-electron chi connectivity index (χ4n) is 2.08. The topological polar surface area (TPSA) is 99.5 Å². The lowest BCUT2D eigenvalue weighted by molar-refractivity contribution is -0.157. The number of esters is 2. The molecule has 1 N–H and O–H groups in total. The molecule has 0 aliphatic carbocycles. The third kappa shape index (κ3) is 4.66. The van der Waals surface area contributed by atoms with E-state index < -0.39 is 23.9 Å². The number of rotatable bonds is 7. The smallest absolute Gasteiger partial charge is 0.340 e. The summed E-state index contributed by atoms with van der Waals surface area (Å²) < 4.78 is 11.4. The normalized spacial score (nSPS) is 10.4. The number of nitrogens with zero attached hydrogens (tertiary/aromatic N) is 2. The van der Waals surface area contributed by atoms with Crippen LogP contribution in [0.5, 0.6) is 0 Å². The number of aromatic nitrogens is 2. The third-order valence-electron chi connectivity index (χ3n) is 3.25. The van der Waals surface area contributed by atoms with Crippen LogP contribution in [-0.2, 0) is 19.1 Å². The quantitative estimate of drug-likeness (QED) is 0.596. The summed E-state index contributed by atoms with van der Waals surface area (Å²) in [6.45, 7) is 3.39. The molecule has 1 heterocycles. The SMILES string of the molecule is CCOC(=O)C(NC(=O)c1ccc(-n2ccnc2)cc1)C(=O)OCC. The second kappa shape index (κ2) is 8.62. The van der Waals surface area contributed by atoms with Crippen LogP contribution in [0.25, 0.3) is 5.69 Å². The molecule has 0 bridgehead atoms. The van der Waals surface area contributed by atoms with Gasteiger partial charge < -0.3 is 19.4 Å². The molecule has 1 aromatic carbocycles. The van der Waals surface area contributed by atoms with Crippen LogP contribution in [-0.4, -0.2) is 46.7 Å². The number of nitrogens with one attached hydrogen (secondary N) is 1. The average molecular weight is 345 g/mol. The number of hydrogen-bond donors (Lipinski definition) is 1. The van der Waals surface area contributed by atoms with Crippen molar-refractivity contribution < 1.29 is 23.9 Å². The van der Waals surface area contributed by atoms with E-state index in [1.165, 1.54) is 0 Å². The van der Waals surface area contributed by atoms with E-state index in [9.17, 15) is 14.4 Å². The lowest BCUT2D eigenvalue weighted by Crippen LogP contribution is -2.48. The van der Waals surface area contributed by atoms with Gasteiger partial charge in [-0.25, -0.2) is 14.6 Å². The van der Waals surface area contributed by atoms with Crippen molar-refractivity contribution in [3.8, 4) is 5.69 Å². The van der Waals surface area contributed by atoms with Crippen molar-refractivity contribution >= 4 is 17.8 Å². The summed E-state index contributed by atoms with van der Waals surface area (Å²) in [6.07, 6.45) is 5.04. The molecule has 8 heteroatoms. The Morgan fingerprint density at radius 1 is 1.08 bits per heavy atom. The van der Waals surface area contributed by atoms with Gasteiger partial charge in [0.15, 0.2) is 0 Å². The largest absolute Gasteiger partial charge is 0.464 e. The predicted molar refractivity (Wildman–Crippen MR) is 88.1 cm³/mol. The van der Waals surface area contributed by atoms with Gasteiger partial charge >= 0.3 is 11.9 Å². The lowest BCUT2D eigenvalue weighted by atomic mass is 10.1. The molecule has 0 atom stereocenters. The first-order valence-electron chi connectivity index (χ1n) is 7.79. The van der Waals surface area contributed by atoms with Crippen LogP contribution in [0.4, 0.5) is 0 Å². The molecule has 0 spiro atoms. The van der Waals surface area contributed by atoms with Gasteiger partial charge in [-0.05, 0) is 38.1 Å². The minimum absolute atomic E-state index is 0.0875. The molecule has 25 heavy (non-hydrogen) atoms. The maximum absolute atomic E-state index is 12.3. The van der Waals surface area contributed by atoms with E-state index in [0.29, 0.717) is 5.56 Å². The molecule has 0 saturated heterocycles. The molecule has 1 aromatic heterocycles. The monoisotopic (exact) mass is 345 g/mol. The van der Waals surface area contributed by atoms with Crippen LogP contribution in [0.2, 0.25) is 0 Å². The van der Waals surface area contributed by atoms with E-state index in [4.69, 9.17) is 9.47 Å². The first-order chi connectivity index (χ1) is 12.1. The summed E-state index contributed by atoms with van der Waals surface area (Å²) in [4.78, 5) is 40.1. The van der Waals surface area contributed by atoms with E-state index in [2.05, 4.69) is 10.3 Å². The van der Waals surface area contributed by atoms with Crippen molar-refractivity contribution in [1.29, 1.82) is 0 Å². The van der Waals surface area contributed by atoms with Crippen molar-refractivity contribution in [1.82, 2.24) is 14.9 Å². The van der Waals surface area contributed by atoms with Gasteiger partial charge in [0.1, 0.15) is 0 Å². The summed E-state index contributed by atoms with van der Waals surface area (Å²) in [5.74, 6) is -2.29. The number of benzene rings is 1. The summed E-state index contributed by atoms with van der Waals surface area (Å²) in [5.41, 5.74) is 1.11. The van der Waals surface area contributed by atoms with Gasteiger partial charge in [0.25, 0.3) is 5.91 Å². The molecule has 8 nitrogen and oxygen atoms in total. The highest BCUT2D eigenvalue weighted by Crippen LogP contribution is 2.10. The summed E-state index contributed by atoms with van der Waals surface area (Å²) in [7, 11) is 0. The van der Waals surface area contributed by atoms with Crippen LogP contribution in [0, 0.1) is 0 Å². The Balaban J connectivity index is 2.11. The number of ether oxygens (including phenoxy) is 2. The first kappa shape index (κ1) is 18.2. The highest BCUT2D eigenvalue weighted by molar-refractivity contribution is 6.05. The van der Waals surface area contributed by atoms with Gasteiger partial charge in [-0.15, -0.1) is 0 Å². The van der Waals surface area contributed by atoms with Gasteiger partial charge in [0, 0.05) is 23.6 Å². The van der Waals surface area contributed by atoms with Crippen LogP contribution in [0.1, 0.15) is 24.2 Å². The second-order valence-electron chi connectivity index (χ2n) is 4.93. The molecule has 2 aromatic rings. The molecule has 0 aliphatic heterocycles. The number of carbonyl (C=O) groups is 3. The van der Waals surface area contributed by atoms with Gasteiger partial charge in [0.2, 0.25) is 6.04 Å². The van der Waals surface area contributed by atoms with Gasteiger partial charge in [-0.2, -0.15) is 0 Å². The lowest BCUT2D eigenvalue weighted by Gasteiger charge is -2.16. The molecule has 0 fully saturated rings. The average Bonchev–Trinajstić information content (AvgIpc) is 3.14. The van der Waals surface area contributed by atoms with E-state index in [-0.39, 0.29) is 13.2 Å². The van der Waals surface area contributed by atoms with Gasteiger partial charge in [0.05, 0.1) is 19.5 Å². The molecule has 2 rings (SSSR count). The third-order valence-corrected chi connectivity index (χ3v) is 3.25. The maximum atomic E-state index is 12.3.